The summed E-state index contributed by atoms with van der Waals surface area (Å²) in [7, 11) is 0. The molecule has 62 valence electrons. The molecule has 0 heterocycles. The van der Waals surface area contributed by atoms with Crippen molar-refractivity contribution in [2.75, 3.05) is 6.61 Å². The van der Waals surface area contributed by atoms with E-state index in [2.05, 4.69) is 22.6 Å². The second kappa shape index (κ2) is 4.49. The summed E-state index contributed by atoms with van der Waals surface area (Å²) >= 11 is 0. The van der Waals surface area contributed by atoms with Gasteiger partial charge >= 0.3 is 5.97 Å². The van der Waals surface area contributed by atoms with Gasteiger partial charge in [0.25, 0.3) is 5.95 Å². The topological polar surface area (TPSA) is 35.5 Å². The standard InChI is InChI=1S/C7H9FO3/c1-4-10-6(3)11-7(9)5(2)8/h2-4H2,1H3. The first-order valence-electron chi connectivity index (χ1n) is 2.96. The Kier molecular flexibility index (Phi) is 3.95. The summed E-state index contributed by atoms with van der Waals surface area (Å²) in [4.78, 5) is 10.4. The minimum atomic E-state index is -1.18. The van der Waals surface area contributed by atoms with Crippen LogP contribution in [0.25, 0.3) is 0 Å². The fourth-order valence-electron chi connectivity index (χ4n) is 0.349. The van der Waals surface area contributed by atoms with Crippen molar-refractivity contribution < 1.29 is 18.7 Å². The fourth-order valence-corrected chi connectivity index (χ4v) is 0.349. The lowest BCUT2D eigenvalue weighted by Gasteiger charge is -2.04. The van der Waals surface area contributed by atoms with Crippen LogP contribution in [0.15, 0.2) is 24.9 Å². The molecule has 3 nitrogen and oxygen atoms in total. The van der Waals surface area contributed by atoms with Gasteiger partial charge in [-0.15, -0.1) is 0 Å². The molecule has 0 spiro atoms. The molecular formula is C7H9FO3. The second-order valence-corrected chi connectivity index (χ2v) is 1.60. The van der Waals surface area contributed by atoms with E-state index in [9.17, 15) is 9.18 Å². The lowest BCUT2D eigenvalue weighted by Crippen LogP contribution is -2.05. The van der Waals surface area contributed by atoms with Crippen LogP contribution in [0.4, 0.5) is 4.39 Å². The maximum atomic E-state index is 11.9. The monoisotopic (exact) mass is 160 g/mol. The molecule has 0 N–H and O–H groups in total. The molecule has 0 saturated heterocycles. The summed E-state index contributed by atoms with van der Waals surface area (Å²) < 4.78 is 20.8. The summed E-state index contributed by atoms with van der Waals surface area (Å²) in [5.41, 5.74) is 0. The molecule has 0 aromatic carbocycles. The number of ether oxygens (including phenoxy) is 2. The van der Waals surface area contributed by atoms with Crippen molar-refractivity contribution in [3.05, 3.63) is 24.9 Å². The van der Waals surface area contributed by atoms with Gasteiger partial charge < -0.3 is 9.47 Å². The Labute approximate surface area is 64.1 Å². The summed E-state index contributed by atoms with van der Waals surface area (Å²) in [6.07, 6.45) is 0. The third-order valence-corrected chi connectivity index (χ3v) is 0.733. The van der Waals surface area contributed by atoms with Gasteiger partial charge in [0.05, 0.1) is 6.61 Å². The Morgan fingerprint density at radius 2 is 2.09 bits per heavy atom. The Morgan fingerprint density at radius 3 is 2.45 bits per heavy atom. The maximum absolute atomic E-state index is 11.9. The molecule has 0 aliphatic carbocycles. The van der Waals surface area contributed by atoms with Crippen LogP contribution in [0.1, 0.15) is 6.92 Å². The smallest absolute Gasteiger partial charge is 0.374 e. The van der Waals surface area contributed by atoms with E-state index >= 15 is 0 Å². The third-order valence-electron chi connectivity index (χ3n) is 0.733. The van der Waals surface area contributed by atoms with Crippen molar-refractivity contribution in [3.8, 4) is 0 Å². The molecule has 0 radical (unpaired) electrons. The fraction of sp³-hybridized carbons (Fsp3) is 0.286. The number of halogens is 1. The first-order valence-corrected chi connectivity index (χ1v) is 2.96. The summed E-state index contributed by atoms with van der Waals surface area (Å²) in [5, 5.41) is 0. The summed E-state index contributed by atoms with van der Waals surface area (Å²) in [5.74, 6) is -2.58. The van der Waals surface area contributed by atoms with Gasteiger partial charge in [-0.1, -0.05) is 6.58 Å². The van der Waals surface area contributed by atoms with Gasteiger partial charge in [-0.3, -0.25) is 0 Å². The molecule has 0 aromatic heterocycles. The molecule has 0 atom stereocenters. The SMILES string of the molecule is C=C(OCC)OC(=O)C(=C)F. The van der Waals surface area contributed by atoms with E-state index in [1.807, 2.05) is 0 Å². The van der Waals surface area contributed by atoms with E-state index in [1.54, 1.807) is 6.92 Å². The predicted octanol–water partition coefficient (Wildman–Crippen LogP) is 1.52. The van der Waals surface area contributed by atoms with Crippen molar-refractivity contribution in [1.29, 1.82) is 0 Å². The average Bonchev–Trinajstić information content (AvgIpc) is 1.87. The van der Waals surface area contributed by atoms with E-state index < -0.39 is 11.8 Å². The van der Waals surface area contributed by atoms with E-state index in [4.69, 9.17) is 0 Å². The molecule has 0 fully saturated rings. The van der Waals surface area contributed by atoms with Crippen LogP contribution in [0.3, 0.4) is 0 Å². The van der Waals surface area contributed by atoms with Gasteiger partial charge in [-0.25, -0.2) is 4.79 Å². The van der Waals surface area contributed by atoms with E-state index in [-0.39, 0.29) is 5.95 Å². The highest BCUT2D eigenvalue weighted by Gasteiger charge is 2.09. The van der Waals surface area contributed by atoms with Gasteiger partial charge in [-0.2, -0.15) is 4.39 Å². The van der Waals surface area contributed by atoms with Crippen LogP contribution in [0, 0.1) is 0 Å². The summed E-state index contributed by atoms with van der Waals surface area (Å²) in [6, 6.07) is 0. The van der Waals surface area contributed by atoms with Crippen LogP contribution in [0.2, 0.25) is 0 Å². The van der Waals surface area contributed by atoms with Crippen molar-refractivity contribution in [3.63, 3.8) is 0 Å². The average molecular weight is 160 g/mol. The first kappa shape index (κ1) is 9.68. The molecule has 0 amide bonds. The quantitative estimate of drug-likeness (QED) is 0.355. The molecule has 0 aromatic rings. The van der Waals surface area contributed by atoms with Crippen LogP contribution in [0.5, 0.6) is 0 Å². The Hall–Kier alpha value is -1.32. The van der Waals surface area contributed by atoms with Gasteiger partial charge in [0, 0.05) is 0 Å². The number of hydrogen-bond acceptors (Lipinski definition) is 3. The number of carbonyl (C=O) groups excluding carboxylic acids is 1. The molecule has 11 heavy (non-hydrogen) atoms. The largest absolute Gasteiger partial charge is 0.466 e. The van der Waals surface area contributed by atoms with Crippen molar-refractivity contribution >= 4 is 5.97 Å². The first-order chi connectivity index (χ1) is 5.07. The van der Waals surface area contributed by atoms with E-state index in [1.165, 1.54) is 0 Å². The third kappa shape index (κ3) is 4.13. The highest BCUT2D eigenvalue weighted by Crippen LogP contribution is 2.02. The van der Waals surface area contributed by atoms with Gasteiger partial charge in [0.15, 0.2) is 0 Å². The number of hydrogen-bond donors (Lipinski definition) is 0. The Morgan fingerprint density at radius 1 is 1.55 bits per heavy atom. The van der Waals surface area contributed by atoms with Crippen molar-refractivity contribution in [2.24, 2.45) is 0 Å². The minimum Gasteiger partial charge on any atom is -0.466 e. The second-order valence-electron chi connectivity index (χ2n) is 1.60. The molecule has 0 saturated carbocycles. The minimum absolute atomic E-state index is 0.226. The highest BCUT2D eigenvalue weighted by atomic mass is 19.1. The van der Waals surface area contributed by atoms with Crippen molar-refractivity contribution in [1.82, 2.24) is 0 Å². The molecule has 0 bridgehead atoms. The molecule has 0 rings (SSSR count). The molecule has 0 aliphatic rings. The van der Waals surface area contributed by atoms with Crippen LogP contribution >= 0.6 is 0 Å². The molecule has 0 aliphatic heterocycles. The Bertz CT molecular complexity index is 186. The number of esters is 1. The van der Waals surface area contributed by atoms with Gasteiger partial charge in [0.1, 0.15) is 0 Å². The summed E-state index contributed by atoms with van der Waals surface area (Å²) in [6.45, 7) is 7.92. The van der Waals surface area contributed by atoms with E-state index in [0.29, 0.717) is 6.61 Å². The number of rotatable bonds is 4. The van der Waals surface area contributed by atoms with Crippen LogP contribution in [-0.2, 0) is 14.3 Å². The van der Waals surface area contributed by atoms with Gasteiger partial charge in [0.2, 0.25) is 5.83 Å². The molecular weight excluding hydrogens is 151 g/mol. The number of carbonyl (C=O) groups is 1. The zero-order valence-corrected chi connectivity index (χ0v) is 6.22. The molecule has 4 heteroatoms. The lowest BCUT2D eigenvalue weighted by atomic mass is 10.6. The zero-order valence-electron chi connectivity index (χ0n) is 6.22. The lowest BCUT2D eigenvalue weighted by molar-refractivity contribution is -0.141. The normalized spacial score (nSPS) is 8.55. The predicted molar refractivity (Wildman–Crippen MR) is 37.1 cm³/mol. The van der Waals surface area contributed by atoms with E-state index in [0.717, 1.165) is 0 Å². The zero-order chi connectivity index (χ0) is 8.85. The Balaban J connectivity index is 3.76. The van der Waals surface area contributed by atoms with Crippen LogP contribution in [-0.4, -0.2) is 12.6 Å². The van der Waals surface area contributed by atoms with Crippen molar-refractivity contribution in [2.45, 2.75) is 6.92 Å². The maximum Gasteiger partial charge on any atom is 0.374 e. The molecule has 0 unspecified atom stereocenters. The van der Waals surface area contributed by atoms with Gasteiger partial charge in [-0.05, 0) is 13.5 Å². The van der Waals surface area contributed by atoms with Crippen LogP contribution < -0.4 is 0 Å². The highest BCUT2D eigenvalue weighted by molar-refractivity contribution is 5.85.